The molecule has 12 nitrogen and oxygen atoms in total. The van der Waals surface area contributed by atoms with Crippen LogP contribution in [0.5, 0.6) is 0 Å². The number of carbonyl (C=O) groups is 3. The van der Waals surface area contributed by atoms with Crippen molar-refractivity contribution < 1.29 is 52.6 Å². The van der Waals surface area contributed by atoms with E-state index in [2.05, 4.69) is 24.4 Å². The summed E-state index contributed by atoms with van der Waals surface area (Å²) in [5.41, 5.74) is 5.32. The fourth-order valence-electron chi connectivity index (χ4n) is 5.63. The molecule has 0 aromatic carbocycles. The van der Waals surface area contributed by atoms with Crippen molar-refractivity contribution in [3.8, 4) is 0 Å². The van der Waals surface area contributed by atoms with Crippen LogP contribution in [0.15, 0.2) is 36.5 Å². The number of aliphatic hydroxyl groups is 1. The molecule has 0 heterocycles. The number of phosphoric ester groups is 1. The maximum atomic E-state index is 12.6. The van der Waals surface area contributed by atoms with E-state index in [1.165, 1.54) is 70.6 Å². The van der Waals surface area contributed by atoms with Crippen molar-refractivity contribution in [3.63, 3.8) is 0 Å². The Bertz CT molecular complexity index is 1100. The van der Waals surface area contributed by atoms with Crippen LogP contribution in [0.3, 0.4) is 0 Å². The summed E-state index contributed by atoms with van der Waals surface area (Å²) in [5, 5.41) is 18.7. The second kappa shape index (κ2) is 37.2. The first kappa shape index (κ1) is 52.7. The summed E-state index contributed by atoms with van der Waals surface area (Å²) in [5.74, 6) is -2.44. The molecule has 0 radical (unpaired) electrons. The largest absolute Gasteiger partial charge is 0.480 e. The molecule has 0 saturated heterocycles. The first-order valence-corrected chi connectivity index (χ1v) is 22.6. The van der Waals surface area contributed by atoms with Crippen LogP contribution in [0.2, 0.25) is 0 Å². The molecule has 0 aliphatic carbocycles. The number of hydrogen-bond donors (Lipinski definition) is 4. The summed E-state index contributed by atoms with van der Waals surface area (Å²) in [6.45, 7) is 2.56. The third kappa shape index (κ3) is 37.0. The fourth-order valence-corrected chi connectivity index (χ4v) is 6.41. The van der Waals surface area contributed by atoms with Gasteiger partial charge in [0.1, 0.15) is 12.6 Å². The zero-order valence-electron chi connectivity index (χ0n) is 34.1. The van der Waals surface area contributed by atoms with Crippen molar-refractivity contribution in [2.24, 2.45) is 5.73 Å². The molecule has 55 heavy (non-hydrogen) atoms. The molecule has 0 saturated carbocycles. The summed E-state index contributed by atoms with van der Waals surface area (Å²) in [6, 6.07) is -1.53. The van der Waals surface area contributed by atoms with E-state index >= 15 is 0 Å². The zero-order chi connectivity index (χ0) is 40.8. The molecule has 0 aliphatic heterocycles. The summed E-state index contributed by atoms with van der Waals surface area (Å²) in [7, 11) is -4.73. The second-order valence-electron chi connectivity index (χ2n) is 14.3. The number of unbranched alkanes of at least 4 members (excludes halogenated alkanes) is 19. The minimum absolute atomic E-state index is 0.116. The number of phosphoric acid groups is 1. The van der Waals surface area contributed by atoms with Crippen LogP contribution >= 0.6 is 7.82 Å². The number of aliphatic hydroxyl groups excluding tert-OH is 1. The quantitative estimate of drug-likeness (QED) is 0.0151. The van der Waals surface area contributed by atoms with Gasteiger partial charge in [0.25, 0.3) is 0 Å². The topological polar surface area (TPSA) is 192 Å². The van der Waals surface area contributed by atoms with Crippen LogP contribution < -0.4 is 5.73 Å². The Morgan fingerprint density at radius 1 is 0.655 bits per heavy atom. The van der Waals surface area contributed by atoms with Crippen molar-refractivity contribution >= 4 is 25.7 Å². The van der Waals surface area contributed by atoms with Crippen molar-refractivity contribution in [2.45, 2.75) is 193 Å². The van der Waals surface area contributed by atoms with E-state index in [-0.39, 0.29) is 19.4 Å². The molecular formula is C42H76NO11P. The lowest BCUT2D eigenvalue weighted by atomic mass is 10.0. The lowest BCUT2D eigenvalue weighted by Gasteiger charge is -2.20. The Hall–Kier alpha value is -2.34. The molecule has 5 N–H and O–H groups in total. The minimum Gasteiger partial charge on any atom is -0.480 e. The number of allylic oxidation sites excluding steroid dienone is 4. The smallest absolute Gasteiger partial charge is 0.472 e. The Morgan fingerprint density at radius 3 is 1.71 bits per heavy atom. The number of nitrogens with two attached hydrogens (primary N) is 1. The normalized spacial score (nSPS) is 14.7. The molecule has 13 heteroatoms. The average molecular weight is 802 g/mol. The molecule has 0 aromatic rings. The third-order valence-corrected chi connectivity index (χ3v) is 9.93. The number of esters is 2. The second-order valence-corrected chi connectivity index (χ2v) is 15.8. The lowest BCUT2D eigenvalue weighted by molar-refractivity contribution is -0.161. The average Bonchev–Trinajstić information content (AvgIpc) is 3.15. The molecule has 0 rings (SSSR count). The van der Waals surface area contributed by atoms with Crippen LogP contribution in [0, 0.1) is 0 Å². The van der Waals surface area contributed by atoms with Crippen LogP contribution in [-0.2, 0) is 37.5 Å². The van der Waals surface area contributed by atoms with Gasteiger partial charge in [-0.2, -0.15) is 0 Å². The van der Waals surface area contributed by atoms with Crippen molar-refractivity contribution in [1.29, 1.82) is 0 Å². The first-order valence-electron chi connectivity index (χ1n) is 21.1. The number of carbonyl (C=O) groups excluding carboxylic acids is 2. The molecule has 0 aliphatic rings. The van der Waals surface area contributed by atoms with Gasteiger partial charge in [-0.25, -0.2) is 4.57 Å². The van der Waals surface area contributed by atoms with Gasteiger partial charge in [0, 0.05) is 12.8 Å². The van der Waals surface area contributed by atoms with E-state index in [9.17, 15) is 28.9 Å². The van der Waals surface area contributed by atoms with Gasteiger partial charge in [-0.3, -0.25) is 23.4 Å². The predicted molar refractivity (Wildman–Crippen MR) is 218 cm³/mol. The molecule has 2 unspecified atom stereocenters. The molecule has 0 spiro atoms. The van der Waals surface area contributed by atoms with E-state index in [1.54, 1.807) is 6.08 Å². The summed E-state index contributed by atoms with van der Waals surface area (Å²) < 4.78 is 32.6. The lowest BCUT2D eigenvalue weighted by Crippen LogP contribution is -2.34. The molecule has 0 bridgehead atoms. The number of aliphatic carboxylic acids is 1. The first-order chi connectivity index (χ1) is 26.5. The Labute approximate surface area is 332 Å². The molecule has 320 valence electrons. The molecular weight excluding hydrogens is 725 g/mol. The number of carboxylic acids is 1. The fraction of sp³-hybridized carbons (Fsp3) is 0.786. The Morgan fingerprint density at radius 2 is 1.16 bits per heavy atom. The predicted octanol–water partition coefficient (Wildman–Crippen LogP) is 9.81. The van der Waals surface area contributed by atoms with Gasteiger partial charge in [0.15, 0.2) is 6.10 Å². The van der Waals surface area contributed by atoms with Gasteiger partial charge >= 0.3 is 25.7 Å². The highest BCUT2D eigenvalue weighted by Gasteiger charge is 2.28. The minimum atomic E-state index is -4.73. The molecule has 4 atom stereocenters. The maximum absolute atomic E-state index is 12.6. The van der Waals surface area contributed by atoms with Crippen molar-refractivity contribution in [3.05, 3.63) is 36.5 Å². The van der Waals surface area contributed by atoms with Gasteiger partial charge < -0.3 is 30.3 Å². The van der Waals surface area contributed by atoms with Gasteiger partial charge in [0.2, 0.25) is 0 Å². The summed E-state index contributed by atoms with van der Waals surface area (Å²) in [4.78, 5) is 45.9. The number of carboxylic acid groups (broad SMARTS) is 1. The van der Waals surface area contributed by atoms with E-state index < -0.39 is 57.2 Å². The van der Waals surface area contributed by atoms with Crippen LogP contribution in [0.4, 0.5) is 0 Å². The van der Waals surface area contributed by atoms with E-state index in [0.29, 0.717) is 19.3 Å². The zero-order valence-corrected chi connectivity index (χ0v) is 35.0. The number of hydrogen-bond acceptors (Lipinski definition) is 10. The highest BCUT2D eigenvalue weighted by molar-refractivity contribution is 7.47. The monoisotopic (exact) mass is 802 g/mol. The number of rotatable bonds is 39. The molecule has 0 amide bonds. The highest BCUT2D eigenvalue weighted by atomic mass is 31.2. The Balaban J connectivity index is 4.44. The third-order valence-electron chi connectivity index (χ3n) is 8.98. The van der Waals surface area contributed by atoms with Crippen molar-refractivity contribution in [2.75, 3.05) is 19.8 Å². The van der Waals surface area contributed by atoms with E-state index in [0.717, 1.165) is 57.8 Å². The van der Waals surface area contributed by atoms with E-state index in [4.69, 9.17) is 24.8 Å². The van der Waals surface area contributed by atoms with Crippen LogP contribution in [0.1, 0.15) is 174 Å². The van der Waals surface area contributed by atoms with Gasteiger partial charge in [0.05, 0.1) is 19.3 Å². The van der Waals surface area contributed by atoms with Crippen LogP contribution in [0.25, 0.3) is 0 Å². The van der Waals surface area contributed by atoms with Gasteiger partial charge in [-0.05, 0) is 38.5 Å². The summed E-state index contributed by atoms with van der Waals surface area (Å²) >= 11 is 0. The maximum Gasteiger partial charge on any atom is 0.472 e. The Kier molecular flexibility index (Phi) is 35.7. The summed E-state index contributed by atoms with van der Waals surface area (Å²) in [6.07, 6.45) is 35.4. The van der Waals surface area contributed by atoms with E-state index in [1.807, 2.05) is 24.3 Å². The molecule has 0 fully saturated rings. The molecule has 0 aromatic heterocycles. The SMILES string of the molecule is CC/C=C/CC(O)/C=C/C=C/CCCCCCCC(=O)O[C@H](COC(=O)CCCCCCCCCCCCCCCCC)COP(=O)(O)OC[C@H](N)C(=O)O. The van der Waals surface area contributed by atoms with Gasteiger partial charge in [-0.15, -0.1) is 0 Å². The van der Waals surface area contributed by atoms with Crippen molar-refractivity contribution in [1.82, 2.24) is 0 Å². The number of ether oxygens (including phenoxy) is 2. The highest BCUT2D eigenvalue weighted by Crippen LogP contribution is 2.43. The standard InChI is InChI=1S/C42H76NO11P/c1-3-5-7-8-9-10-11-12-13-14-15-18-21-24-28-32-40(45)51-34-38(35-52-55(49,50)53-36-39(43)42(47)48)54-41(46)33-29-25-22-19-16-17-20-23-27-31-37(44)30-26-6-4-2/h6,20,23,26-27,31,37-39,44H,3-5,7-19,21-22,24-25,28-30,32-36,43H2,1-2H3,(H,47,48)(H,49,50)/b23-20+,26-6+,31-27+/t37?,38-,39+/m1/s1. The van der Waals surface area contributed by atoms with Gasteiger partial charge in [-0.1, -0.05) is 159 Å². The van der Waals surface area contributed by atoms with Crippen LogP contribution in [-0.4, -0.2) is 71.1 Å².